The first kappa shape index (κ1) is 15.1. The van der Waals surface area contributed by atoms with E-state index >= 15 is 0 Å². The van der Waals surface area contributed by atoms with Crippen molar-refractivity contribution in [2.45, 2.75) is 45.2 Å². The molecule has 0 unspecified atom stereocenters. The Hall–Kier alpha value is -1.46. The van der Waals surface area contributed by atoms with Crippen molar-refractivity contribution in [1.29, 1.82) is 0 Å². The Morgan fingerprint density at radius 1 is 1.35 bits per heavy atom. The molecule has 0 spiro atoms. The lowest BCUT2D eigenvalue weighted by Crippen LogP contribution is -2.69. The molecule has 3 aliphatic heterocycles. The van der Waals surface area contributed by atoms with Gasteiger partial charge in [0, 0.05) is 17.1 Å². The van der Waals surface area contributed by atoms with Crippen LogP contribution in [0.3, 0.4) is 0 Å². The summed E-state index contributed by atoms with van der Waals surface area (Å²) in [7, 11) is 0. The van der Waals surface area contributed by atoms with E-state index in [0.717, 1.165) is 33.9 Å². The van der Waals surface area contributed by atoms with Gasteiger partial charge in [-0.2, -0.15) is 0 Å². The SMILES string of the molecule is Cc1nc2ccc(C(=O)N[C@H]3C4CCN(CC4)C3(C)C)cc2s1. The molecule has 2 aromatic rings. The summed E-state index contributed by atoms with van der Waals surface area (Å²) < 4.78 is 1.09. The molecule has 0 saturated carbocycles. The second-order valence-electron chi connectivity index (χ2n) is 7.34. The number of nitrogens with one attached hydrogen (secondary N) is 1. The molecule has 0 radical (unpaired) electrons. The van der Waals surface area contributed by atoms with E-state index in [2.05, 4.69) is 29.0 Å². The van der Waals surface area contributed by atoms with Crippen molar-refractivity contribution in [3.63, 3.8) is 0 Å². The van der Waals surface area contributed by atoms with Gasteiger partial charge in [0.15, 0.2) is 0 Å². The average Bonchev–Trinajstić information content (AvgIpc) is 2.90. The zero-order chi connectivity index (χ0) is 16.2. The fourth-order valence-corrected chi connectivity index (χ4v) is 5.15. The minimum absolute atomic E-state index is 0.0437. The normalized spacial score (nSPS) is 28.9. The van der Waals surface area contributed by atoms with Crippen LogP contribution in [-0.4, -0.2) is 40.5 Å². The largest absolute Gasteiger partial charge is 0.347 e. The molecular formula is C18H23N3OS. The van der Waals surface area contributed by atoms with Crippen LogP contribution >= 0.6 is 11.3 Å². The van der Waals surface area contributed by atoms with E-state index in [1.807, 2.05) is 25.1 Å². The second kappa shape index (κ2) is 5.28. The molecular weight excluding hydrogens is 306 g/mol. The topological polar surface area (TPSA) is 45.2 Å². The van der Waals surface area contributed by atoms with E-state index in [0.29, 0.717) is 5.92 Å². The van der Waals surface area contributed by atoms with E-state index < -0.39 is 0 Å². The summed E-state index contributed by atoms with van der Waals surface area (Å²) in [5, 5.41) is 4.37. The summed E-state index contributed by atoms with van der Waals surface area (Å²) in [5.74, 6) is 0.651. The standard InChI is InChI=1S/C18H23N3OS/c1-11-19-14-5-4-13(10-15(14)23-11)17(22)20-16-12-6-8-21(9-7-12)18(16,2)3/h4-5,10,12,16H,6-9H2,1-3H3,(H,20,22)/t16-/m0/s1. The summed E-state index contributed by atoms with van der Waals surface area (Å²) in [5.41, 5.74) is 1.77. The number of carbonyl (C=O) groups excluding carboxylic acids is 1. The fourth-order valence-electron chi connectivity index (χ4n) is 4.28. The van der Waals surface area contributed by atoms with Gasteiger partial charge in [0.1, 0.15) is 0 Å². The van der Waals surface area contributed by atoms with E-state index in [1.165, 1.54) is 12.8 Å². The highest BCUT2D eigenvalue weighted by Gasteiger charge is 2.48. The first-order valence-electron chi connectivity index (χ1n) is 8.38. The van der Waals surface area contributed by atoms with Crippen molar-refractivity contribution < 1.29 is 4.79 Å². The molecule has 2 bridgehead atoms. The van der Waals surface area contributed by atoms with E-state index in [4.69, 9.17) is 0 Å². The van der Waals surface area contributed by atoms with Crippen molar-refractivity contribution in [3.8, 4) is 0 Å². The van der Waals surface area contributed by atoms with Gasteiger partial charge in [-0.25, -0.2) is 4.98 Å². The minimum Gasteiger partial charge on any atom is -0.347 e. The zero-order valence-corrected chi connectivity index (χ0v) is 14.7. The van der Waals surface area contributed by atoms with Crippen molar-refractivity contribution in [1.82, 2.24) is 15.2 Å². The van der Waals surface area contributed by atoms with Crippen molar-refractivity contribution in [2.75, 3.05) is 13.1 Å². The van der Waals surface area contributed by atoms with Gasteiger partial charge < -0.3 is 5.32 Å². The van der Waals surface area contributed by atoms with E-state index in [9.17, 15) is 4.79 Å². The molecule has 4 nitrogen and oxygen atoms in total. The van der Waals surface area contributed by atoms with E-state index in [1.54, 1.807) is 11.3 Å². The monoisotopic (exact) mass is 329 g/mol. The Labute approximate surface area is 140 Å². The number of benzene rings is 1. The van der Waals surface area contributed by atoms with Crippen LogP contribution in [0.15, 0.2) is 18.2 Å². The first-order chi connectivity index (χ1) is 10.9. The van der Waals surface area contributed by atoms with Crippen LogP contribution in [0.25, 0.3) is 10.2 Å². The predicted octanol–water partition coefficient (Wildman–Crippen LogP) is 3.21. The Kier molecular flexibility index (Phi) is 3.46. The van der Waals surface area contributed by atoms with Gasteiger partial charge in [-0.15, -0.1) is 11.3 Å². The molecule has 122 valence electrons. The lowest BCUT2D eigenvalue weighted by Gasteiger charge is -2.56. The number of fused-ring (bicyclic) bond motifs is 4. The van der Waals surface area contributed by atoms with Gasteiger partial charge in [-0.05, 0) is 70.8 Å². The highest BCUT2D eigenvalue weighted by Crippen LogP contribution is 2.39. The van der Waals surface area contributed by atoms with Gasteiger partial charge in [-0.1, -0.05) is 0 Å². The Bertz CT molecular complexity index is 759. The summed E-state index contributed by atoms with van der Waals surface area (Å²) in [6.07, 6.45) is 2.39. The van der Waals surface area contributed by atoms with Crippen LogP contribution < -0.4 is 5.32 Å². The van der Waals surface area contributed by atoms with Crippen molar-refractivity contribution in [2.24, 2.45) is 5.92 Å². The smallest absolute Gasteiger partial charge is 0.251 e. The van der Waals surface area contributed by atoms with Crippen LogP contribution in [0.4, 0.5) is 0 Å². The molecule has 5 heteroatoms. The van der Waals surface area contributed by atoms with Crippen LogP contribution in [0.2, 0.25) is 0 Å². The van der Waals surface area contributed by atoms with Gasteiger partial charge >= 0.3 is 0 Å². The summed E-state index contributed by atoms with van der Waals surface area (Å²) in [6, 6.07) is 6.06. The van der Waals surface area contributed by atoms with Crippen LogP contribution in [-0.2, 0) is 0 Å². The van der Waals surface area contributed by atoms with E-state index in [-0.39, 0.29) is 17.5 Å². The fraction of sp³-hybridized carbons (Fsp3) is 0.556. The summed E-state index contributed by atoms with van der Waals surface area (Å²) in [4.78, 5) is 19.8. The minimum atomic E-state index is 0.0437. The van der Waals surface area contributed by atoms with Gasteiger partial charge in [0.2, 0.25) is 0 Å². The van der Waals surface area contributed by atoms with Crippen LogP contribution in [0.5, 0.6) is 0 Å². The van der Waals surface area contributed by atoms with Crippen LogP contribution in [0.1, 0.15) is 42.1 Å². The number of carbonyl (C=O) groups is 1. The van der Waals surface area contributed by atoms with Gasteiger partial charge in [0.05, 0.1) is 15.2 Å². The summed E-state index contributed by atoms with van der Waals surface area (Å²) >= 11 is 1.64. The number of aryl methyl sites for hydroxylation is 1. The Morgan fingerprint density at radius 3 is 2.78 bits per heavy atom. The molecule has 1 atom stereocenters. The predicted molar refractivity (Wildman–Crippen MR) is 94.0 cm³/mol. The molecule has 1 aromatic carbocycles. The van der Waals surface area contributed by atoms with Crippen molar-refractivity contribution >= 4 is 27.5 Å². The third kappa shape index (κ3) is 2.46. The second-order valence-corrected chi connectivity index (χ2v) is 8.58. The maximum Gasteiger partial charge on any atom is 0.251 e. The number of thiazole rings is 1. The number of aromatic nitrogens is 1. The van der Waals surface area contributed by atoms with Gasteiger partial charge in [0.25, 0.3) is 5.91 Å². The molecule has 0 aliphatic carbocycles. The van der Waals surface area contributed by atoms with Gasteiger partial charge in [-0.3, -0.25) is 9.69 Å². The van der Waals surface area contributed by atoms with Crippen molar-refractivity contribution in [3.05, 3.63) is 28.8 Å². The number of piperidine rings is 3. The number of amides is 1. The molecule has 4 heterocycles. The van der Waals surface area contributed by atoms with Crippen LogP contribution in [0, 0.1) is 12.8 Å². The highest BCUT2D eigenvalue weighted by atomic mass is 32.1. The molecule has 3 aliphatic rings. The molecule has 1 N–H and O–H groups in total. The number of nitrogens with zero attached hydrogens (tertiary/aromatic N) is 2. The number of hydrogen-bond donors (Lipinski definition) is 1. The molecule has 1 amide bonds. The third-order valence-electron chi connectivity index (χ3n) is 5.63. The third-order valence-corrected chi connectivity index (χ3v) is 6.56. The summed E-state index contributed by atoms with van der Waals surface area (Å²) in [6.45, 7) is 8.85. The average molecular weight is 329 g/mol. The maximum absolute atomic E-state index is 12.8. The lowest BCUT2D eigenvalue weighted by molar-refractivity contribution is -0.0378. The highest BCUT2D eigenvalue weighted by molar-refractivity contribution is 7.18. The lowest BCUT2D eigenvalue weighted by atomic mass is 9.72. The quantitative estimate of drug-likeness (QED) is 0.920. The number of hydrogen-bond acceptors (Lipinski definition) is 4. The maximum atomic E-state index is 12.8. The Morgan fingerprint density at radius 2 is 2.09 bits per heavy atom. The zero-order valence-electron chi connectivity index (χ0n) is 13.9. The number of rotatable bonds is 2. The Balaban J connectivity index is 1.58. The molecule has 3 fully saturated rings. The molecule has 3 saturated heterocycles. The molecule has 1 aromatic heterocycles. The molecule has 23 heavy (non-hydrogen) atoms. The first-order valence-corrected chi connectivity index (χ1v) is 9.20. The molecule has 5 rings (SSSR count).